The van der Waals surface area contributed by atoms with E-state index in [1.807, 2.05) is 0 Å². The smallest absolute Gasteiger partial charge is 0.234 e. The van der Waals surface area contributed by atoms with E-state index < -0.39 is 0 Å². The predicted molar refractivity (Wildman–Crippen MR) is 32.3 cm³/mol. The number of aliphatic imine (C=N–C) groups is 1. The van der Waals surface area contributed by atoms with Crippen LogP contribution in [0.2, 0.25) is 0 Å². The average Bonchev–Trinajstić information content (AvgIpc) is 2.33. The summed E-state index contributed by atoms with van der Waals surface area (Å²) < 4.78 is 4.80. The molecule has 46 valence electrons. The highest BCUT2D eigenvalue weighted by Crippen LogP contribution is 2.16. The van der Waals surface area contributed by atoms with Gasteiger partial charge < -0.3 is 9.84 Å². The quantitative estimate of drug-likeness (QED) is 0.550. The molecule has 0 unspecified atom stereocenters. The van der Waals surface area contributed by atoms with Crippen LogP contribution in [-0.4, -0.2) is 11.5 Å². The van der Waals surface area contributed by atoms with Gasteiger partial charge in [-0.25, -0.2) is 0 Å². The van der Waals surface area contributed by atoms with Gasteiger partial charge in [0, 0.05) is 0 Å². The van der Waals surface area contributed by atoms with Gasteiger partial charge in [-0.15, -0.1) is 0 Å². The molecule has 0 bridgehead atoms. The molecule has 0 spiro atoms. The number of aromatic nitrogens is 1. The number of fused-ring (bicyclic) bond motifs is 1. The zero-order valence-corrected chi connectivity index (χ0v) is 4.66. The third-order valence-electron chi connectivity index (χ3n) is 1.19. The number of hydrogen-bond donors (Lipinski definition) is 1. The summed E-state index contributed by atoms with van der Waals surface area (Å²) in [5.41, 5.74) is 1.01. The van der Waals surface area contributed by atoms with E-state index in [2.05, 4.69) is 15.5 Å². The van der Waals surface area contributed by atoms with Crippen LogP contribution in [-0.2, 0) is 6.54 Å². The van der Waals surface area contributed by atoms with Crippen molar-refractivity contribution in [2.24, 2.45) is 4.99 Å². The zero-order valence-electron chi connectivity index (χ0n) is 4.66. The van der Waals surface area contributed by atoms with Crippen molar-refractivity contribution in [2.75, 3.05) is 5.32 Å². The van der Waals surface area contributed by atoms with Gasteiger partial charge in [0.05, 0.1) is 24.6 Å². The molecule has 4 heteroatoms. The minimum atomic E-state index is 0.672. The molecule has 0 amide bonds. The molecule has 2 rings (SSSR count). The molecule has 2 heterocycles. The molecule has 0 aliphatic carbocycles. The molecule has 4 nitrogen and oxygen atoms in total. The lowest BCUT2D eigenvalue weighted by molar-refractivity contribution is 0.435. The Labute approximate surface area is 51.6 Å². The van der Waals surface area contributed by atoms with Gasteiger partial charge in [0.2, 0.25) is 5.88 Å². The highest BCUT2D eigenvalue weighted by Gasteiger charge is 2.07. The van der Waals surface area contributed by atoms with Crippen LogP contribution < -0.4 is 5.32 Å². The van der Waals surface area contributed by atoms with Crippen LogP contribution >= 0.6 is 0 Å². The van der Waals surface area contributed by atoms with Crippen molar-refractivity contribution in [3.8, 4) is 0 Å². The van der Waals surface area contributed by atoms with E-state index >= 15 is 0 Å². The largest absolute Gasteiger partial charge is 0.338 e. The molecule has 1 aliphatic heterocycles. The first kappa shape index (κ1) is 4.55. The molecule has 0 saturated carbocycles. The molecule has 1 aromatic heterocycles. The Hall–Kier alpha value is -1.32. The molecule has 1 N–H and O–H groups in total. The van der Waals surface area contributed by atoms with Crippen LogP contribution in [0.15, 0.2) is 15.7 Å². The van der Waals surface area contributed by atoms with E-state index in [4.69, 9.17) is 4.52 Å². The molecule has 0 aromatic carbocycles. The minimum Gasteiger partial charge on any atom is -0.338 e. The Bertz CT molecular complexity index is 218. The topological polar surface area (TPSA) is 50.4 Å². The fourth-order valence-corrected chi connectivity index (χ4v) is 0.740. The van der Waals surface area contributed by atoms with E-state index in [0.717, 1.165) is 5.56 Å². The molecule has 1 aromatic rings. The fourth-order valence-electron chi connectivity index (χ4n) is 0.740. The SMILES string of the molecule is C1=NCc2cnoc2N1. The highest BCUT2D eigenvalue weighted by atomic mass is 16.5. The maximum Gasteiger partial charge on any atom is 0.234 e. The van der Waals surface area contributed by atoms with Crippen LogP contribution in [0.5, 0.6) is 0 Å². The van der Waals surface area contributed by atoms with Crippen molar-refractivity contribution in [3.63, 3.8) is 0 Å². The van der Waals surface area contributed by atoms with Crippen molar-refractivity contribution < 1.29 is 4.52 Å². The standard InChI is InChI=1S/C5H5N3O/c1-4-2-8-9-5(4)7-3-6-1/h2-3H,1H2,(H,6,7). The Morgan fingerprint density at radius 3 is 3.56 bits per heavy atom. The lowest BCUT2D eigenvalue weighted by atomic mass is 10.3. The molecule has 9 heavy (non-hydrogen) atoms. The van der Waals surface area contributed by atoms with E-state index in [1.165, 1.54) is 0 Å². The van der Waals surface area contributed by atoms with Crippen LogP contribution in [0.4, 0.5) is 5.88 Å². The normalized spacial score (nSPS) is 14.7. The maximum atomic E-state index is 4.80. The van der Waals surface area contributed by atoms with Crippen LogP contribution in [0.1, 0.15) is 5.56 Å². The second-order valence-corrected chi connectivity index (χ2v) is 1.79. The Balaban J connectivity index is 2.46. The monoisotopic (exact) mass is 123 g/mol. The van der Waals surface area contributed by atoms with Gasteiger partial charge in [-0.05, 0) is 0 Å². The highest BCUT2D eigenvalue weighted by molar-refractivity contribution is 5.76. The van der Waals surface area contributed by atoms with Crippen molar-refractivity contribution in [3.05, 3.63) is 11.8 Å². The maximum absolute atomic E-state index is 4.80. The van der Waals surface area contributed by atoms with Crippen LogP contribution in [0.3, 0.4) is 0 Å². The lowest BCUT2D eigenvalue weighted by Gasteiger charge is -2.00. The Morgan fingerprint density at radius 1 is 1.67 bits per heavy atom. The summed E-state index contributed by atoms with van der Waals surface area (Å²) in [6, 6.07) is 0. The molecule has 0 radical (unpaired) electrons. The van der Waals surface area contributed by atoms with Gasteiger partial charge in [-0.1, -0.05) is 5.16 Å². The number of hydrogen-bond acceptors (Lipinski definition) is 4. The van der Waals surface area contributed by atoms with Crippen molar-refractivity contribution in [2.45, 2.75) is 6.54 Å². The van der Waals surface area contributed by atoms with Crippen LogP contribution in [0.25, 0.3) is 0 Å². The molecule has 1 aliphatic rings. The van der Waals surface area contributed by atoms with Crippen molar-refractivity contribution in [1.82, 2.24) is 5.16 Å². The summed E-state index contributed by atoms with van der Waals surface area (Å²) in [7, 11) is 0. The van der Waals surface area contributed by atoms with Gasteiger partial charge in [0.25, 0.3) is 0 Å². The van der Waals surface area contributed by atoms with E-state index in [1.54, 1.807) is 12.5 Å². The van der Waals surface area contributed by atoms with Crippen LogP contribution in [0, 0.1) is 0 Å². The van der Waals surface area contributed by atoms with Gasteiger partial charge in [0.15, 0.2) is 0 Å². The Kier molecular flexibility index (Phi) is 0.798. The van der Waals surface area contributed by atoms with Crippen molar-refractivity contribution >= 4 is 12.2 Å². The molecule has 0 atom stereocenters. The molecule has 0 fully saturated rings. The summed E-state index contributed by atoms with van der Waals surface area (Å²) >= 11 is 0. The van der Waals surface area contributed by atoms with Gasteiger partial charge in [0.1, 0.15) is 0 Å². The van der Waals surface area contributed by atoms with E-state index in [-0.39, 0.29) is 0 Å². The summed E-state index contributed by atoms with van der Waals surface area (Å²) in [6.45, 7) is 0.672. The number of rotatable bonds is 0. The molecular formula is C5H5N3O. The first-order chi connectivity index (χ1) is 4.47. The Morgan fingerprint density at radius 2 is 2.67 bits per heavy atom. The van der Waals surface area contributed by atoms with E-state index in [0.29, 0.717) is 12.4 Å². The second-order valence-electron chi connectivity index (χ2n) is 1.79. The summed E-state index contributed by atoms with van der Waals surface area (Å²) in [5.74, 6) is 0.713. The number of nitrogens with one attached hydrogen (secondary N) is 1. The average molecular weight is 123 g/mol. The first-order valence-electron chi connectivity index (χ1n) is 2.65. The predicted octanol–water partition coefficient (Wildman–Crippen LogP) is 0.628. The molecular weight excluding hydrogens is 118 g/mol. The zero-order chi connectivity index (χ0) is 6.10. The molecule has 0 saturated heterocycles. The third kappa shape index (κ3) is 0.595. The van der Waals surface area contributed by atoms with Gasteiger partial charge >= 0.3 is 0 Å². The van der Waals surface area contributed by atoms with Gasteiger partial charge in [-0.2, -0.15) is 0 Å². The van der Waals surface area contributed by atoms with Gasteiger partial charge in [-0.3, -0.25) is 4.99 Å². The number of anilines is 1. The number of nitrogens with zero attached hydrogens (tertiary/aromatic N) is 2. The van der Waals surface area contributed by atoms with E-state index in [9.17, 15) is 0 Å². The fraction of sp³-hybridized carbons (Fsp3) is 0.200. The summed E-state index contributed by atoms with van der Waals surface area (Å²) in [4.78, 5) is 3.95. The second kappa shape index (κ2) is 1.58. The first-order valence-corrected chi connectivity index (χ1v) is 2.65. The van der Waals surface area contributed by atoms with Crippen molar-refractivity contribution in [1.29, 1.82) is 0 Å². The minimum absolute atomic E-state index is 0.672. The lowest BCUT2D eigenvalue weighted by Crippen LogP contribution is -2.01. The summed E-state index contributed by atoms with van der Waals surface area (Å²) in [5, 5.41) is 6.41. The third-order valence-corrected chi connectivity index (χ3v) is 1.19. The summed E-state index contributed by atoms with van der Waals surface area (Å²) in [6.07, 6.45) is 3.27.